The van der Waals surface area contributed by atoms with E-state index in [-0.39, 0.29) is 11.9 Å². The molecule has 0 spiro atoms. The number of amides is 1. The van der Waals surface area contributed by atoms with Crippen LogP contribution in [0.5, 0.6) is 0 Å². The molecule has 18 heavy (non-hydrogen) atoms. The lowest BCUT2D eigenvalue weighted by Crippen LogP contribution is -2.40. The van der Waals surface area contributed by atoms with Crippen molar-refractivity contribution < 1.29 is 4.79 Å². The van der Waals surface area contributed by atoms with E-state index in [0.29, 0.717) is 23.2 Å². The van der Waals surface area contributed by atoms with Crippen LogP contribution in [0.3, 0.4) is 0 Å². The van der Waals surface area contributed by atoms with Crippen LogP contribution >= 0.6 is 0 Å². The van der Waals surface area contributed by atoms with Crippen molar-refractivity contribution in [2.75, 3.05) is 5.73 Å². The molecule has 0 aromatic carbocycles. The first-order chi connectivity index (χ1) is 8.54. The Balaban J connectivity index is 1.96. The van der Waals surface area contributed by atoms with Crippen molar-refractivity contribution in [3.8, 4) is 0 Å². The average molecular weight is 247 g/mol. The highest BCUT2D eigenvalue weighted by molar-refractivity contribution is 5.92. The van der Waals surface area contributed by atoms with Gasteiger partial charge in [0.25, 0.3) is 5.91 Å². The second-order valence-corrected chi connectivity index (χ2v) is 5.56. The number of pyridine rings is 1. The molecule has 2 atom stereocenters. The summed E-state index contributed by atoms with van der Waals surface area (Å²) >= 11 is 0. The fraction of sp³-hybridized carbons (Fsp3) is 0.571. The molecule has 1 aliphatic carbocycles. The Bertz CT molecular complexity index is 406. The number of nitrogens with zero attached hydrogens (tertiary/aromatic N) is 1. The third-order valence-electron chi connectivity index (χ3n) is 3.53. The maximum Gasteiger partial charge on any atom is 0.270 e. The number of nitrogens with one attached hydrogen (secondary N) is 1. The van der Waals surface area contributed by atoms with Gasteiger partial charge in [0.15, 0.2) is 0 Å². The zero-order chi connectivity index (χ0) is 13.1. The predicted molar refractivity (Wildman–Crippen MR) is 72.1 cm³/mol. The predicted octanol–water partition coefficient (Wildman–Crippen LogP) is 2.22. The second-order valence-electron chi connectivity index (χ2n) is 5.56. The standard InChI is InChI=1S/C14H21N3O/c1-9-5-10(2)7-12(6-9)17-14(18)13-4-3-11(15)8-16-13/h3-4,8-10,12H,5-7,15H2,1-2H3,(H,17,18). The first-order valence-electron chi connectivity index (χ1n) is 6.57. The Morgan fingerprint density at radius 3 is 2.50 bits per heavy atom. The molecule has 98 valence electrons. The molecule has 4 nitrogen and oxygen atoms in total. The molecular formula is C14H21N3O. The highest BCUT2D eigenvalue weighted by atomic mass is 16.1. The summed E-state index contributed by atoms with van der Waals surface area (Å²) in [6, 6.07) is 3.64. The van der Waals surface area contributed by atoms with Crippen LogP contribution in [0.15, 0.2) is 18.3 Å². The van der Waals surface area contributed by atoms with E-state index in [1.807, 2.05) is 0 Å². The topological polar surface area (TPSA) is 68.0 Å². The van der Waals surface area contributed by atoms with Crippen LogP contribution in [-0.2, 0) is 0 Å². The Labute approximate surface area is 108 Å². The molecule has 1 fully saturated rings. The SMILES string of the molecule is CC1CC(C)CC(NC(=O)c2ccc(N)cn2)C1. The summed E-state index contributed by atoms with van der Waals surface area (Å²) in [7, 11) is 0. The number of carbonyl (C=O) groups excluding carboxylic acids is 1. The number of hydrogen-bond acceptors (Lipinski definition) is 3. The van der Waals surface area contributed by atoms with Crippen LogP contribution < -0.4 is 11.1 Å². The summed E-state index contributed by atoms with van der Waals surface area (Å²) in [5.74, 6) is 1.26. The third-order valence-corrected chi connectivity index (χ3v) is 3.53. The van der Waals surface area contributed by atoms with E-state index in [9.17, 15) is 4.79 Å². The van der Waals surface area contributed by atoms with E-state index in [0.717, 1.165) is 12.8 Å². The van der Waals surface area contributed by atoms with Gasteiger partial charge in [-0.3, -0.25) is 4.79 Å². The quantitative estimate of drug-likeness (QED) is 0.842. The lowest BCUT2D eigenvalue weighted by Gasteiger charge is -2.31. The highest BCUT2D eigenvalue weighted by Crippen LogP contribution is 2.28. The van der Waals surface area contributed by atoms with Gasteiger partial charge >= 0.3 is 0 Å². The molecule has 0 saturated heterocycles. The Morgan fingerprint density at radius 2 is 1.94 bits per heavy atom. The number of rotatable bonds is 2. The zero-order valence-corrected chi connectivity index (χ0v) is 11.0. The van der Waals surface area contributed by atoms with Gasteiger partial charge in [-0.2, -0.15) is 0 Å². The molecule has 1 heterocycles. The van der Waals surface area contributed by atoms with E-state index in [4.69, 9.17) is 5.73 Å². The monoisotopic (exact) mass is 247 g/mol. The lowest BCUT2D eigenvalue weighted by atomic mass is 9.80. The van der Waals surface area contributed by atoms with Crippen molar-refractivity contribution in [1.29, 1.82) is 0 Å². The molecule has 3 N–H and O–H groups in total. The van der Waals surface area contributed by atoms with Gasteiger partial charge < -0.3 is 11.1 Å². The van der Waals surface area contributed by atoms with E-state index >= 15 is 0 Å². The molecule has 1 amide bonds. The van der Waals surface area contributed by atoms with Crippen LogP contribution in [0.4, 0.5) is 5.69 Å². The number of nitrogen functional groups attached to an aromatic ring is 1. The fourth-order valence-electron chi connectivity index (χ4n) is 2.86. The normalized spacial score (nSPS) is 27.8. The molecule has 4 heteroatoms. The average Bonchev–Trinajstić information content (AvgIpc) is 2.28. The van der Waals surface area contributed by atoms with Gasteiger partial charge in [-0.25, -0.2) is 4.98 Å². The molecule has 0 radical (unpaired) electrons. The molecule has 1 aromatic rings. The number of aromatic nitrogens is 1. The minimum Gasteiger partial charge on any atom is -0.397 e. The smallest absolute Gasteiger partial charge is 0.270 e. The van der Waals surface area contributed by atoms with Crippen LogP contribution in [0.2, 0.25) is 0 Å². The van der Waals surface area contributed by atoms with E-state index < -0.39 is 0 Å². The summed E-state index contributed by atoms with van der Waals surface area (Å²) in [5, 5.41) is 3.07. The maximum absolute atomic E-state index is 12.0. The van der Waals surface area contributed by atoms with E-state index in [1.54, 1.807) is 12.1 Å². The van der Waals surface area contributed by atoms with E-state index in [2.05, 4.69) is 24.1 Å². The summed E-state index contributed by atoms with van der Waals surface area (Å²) in [4.78, 5) is 16.1. The first kappa shape index (κ1) is 12.9. The largest absolute Gasteiger partial charge is 0.397 e. The van der Waals surface area contributed by atoms with Crippen molar-refractivity contribution in [2.45, 2.75) is 39.2 Å². The molecule has 0 aliphatic heterocycles. The van der Waals surface area contributed by atoms with Gasteiger partial charge in [0.05, 0.1) is 11.9 Å². The number of nitrogens with two attached hydrogens (primary N) is 1. The number of hydrogen-bond donors (Lipinski definition) is 2. The fourth-order valence-corrected chi connectivity index (χ4v) is 2.86. The summed E-state index contributed by atoms with van der Waals surface area (Å²) in [6.45, 7) is 4.49. The highest BCUT2D eigenvalue weighted by Gasteiger charge is 2.25. The third kappa shape index (κ3) is 3.22. The molecule has 2 unspecified atom stereocenters. The summed E-state index contributed by atoms with van der Waals surface area (Å²) < 4.78 is 0. The van der Waals surface area contributed by atoms with Crippen LogP contribution in [0.25, 0.3) is 0 Å². The molecule has 1 aromatic heterocycles. The zero-order valence-electron chi connectivity index (χ0n) is 11.0. The van der Waals surface area contributed by atoms with Crippen molar-refractivity contribution >= 4 is 11.6 Å². The second kappa shape index (κ2) is 5.38. The molecule has 1 saturated carbocycles. The van der Waals surface area contributed by atoms with Gasteiger partial charge in [0, 0.05) is 6.04 Å². The van der Waals surface area contributed by atoms with Crippen molar-refractivity contribution in [3.05, 3.63) is 24.0 Å². The van der Waals surface area contributed by atoms with Gasteiger partial charge in [-0.15, -0.1) is 0 Å². The Hall–Kier alpha value is -1.58. The van der Waals surface area contributed by atoms with Crippen molar-refractivity contribution in [2.24, 2.45) is 11.8 Å². The molecule has 2 rings (SSSR count). The maximum atomic E-state index is 12.0. The molecule has 0 bridgehead atoms. The lowest BCUT2D eigenvalue weighted by molar-refractivity contribution is 0.0906. The minimum absolute atomic E-state index is 0.0960. The Morgan fingerprint density at radius 1 is 1.28 bits per heavy atom. The molecular weight excluding hydrogens is 226 g/mol. The van der Waals surface area contributed by atoms with E-state index in [1.165, 1.54) is 12.6 Å². The minimum atomic E-state index is -0.0960. The van der Waals surface area contributed by atoms with Crippen LogP contribution in [0, 0.1) is 11.8 Å². The number of anilines is 1. The van der Waals surface area contributed by atoms with Crippen molar-refractivity contribution in [3.63, 3.8) is 0 Å². The summed E-state index contributed by atoms with van der Waals surface area (Å²) in [5.41, 5.74) is 6.57. The van der Waals surface area contributed by atoms with Gasteiger partial charge in [-0.05, 0) is 43.2 Å². The van der Waals surface area contributed by atoms with Gasteiger partial charge in [0.2, 0.25) is 0 Å². The van der Waals surface area contributed by atoms with Crippen molar-refractivity contribution in [1.82, 2.24) is 10.3 Å². The Kier molecular flexibility index (Phi) is 3.84. The molecule has 1 aliphatic rings. The van der Waals surface area contributed by atoms with Gasteiger partial charge in [0.1, 0.15) is 5.69 Å². The first-order valence-corrected chi connectivity index (χ1v) is 6.57. The summed E-state index contributed by atoms with van der Waals surface area (Å²) in [6.07, 6.45) is 4.89. The van der Waals surface area contributed by atoms with Crippen LogP contribution in [-0.4, -0.2) is 16.9 Å². The van der Waals surface area contributed by atoms with Gasteiger partial charge in [-0.1, -0.05) is 13.8 Å². The number of carbonyl (C=O) groups is 1. The van der Waals surface area contributed by atoms with Crippen LogP contribution in [0.1, 0.15) is 43.6 Å².